The molecule has 1 fully saturated rings. The number of amides is 2. The lowest BCUT2D eigenvalue weighted by molar-refractivity contribution is 0.0588. The third kappa shape index (κ3) is 5.34. The molecule has 1 aromatic heterocycles. The Morgan fingerprint density at radius 2 is 1.91 bits per heavy atom. The van der Waals surface area contributed by atoms with Crippen molar-refractivity contribution < 1.29 is 23.9 Å². The minimum Gasteiger partial charge on any atom is -0.464 e. The maximum atomic E-state index is 13.4. The molecule has 10 heteroatoms. The van der Waals surface area contributed by atoms with Gasteiger partial charge in [0.05, 0.1) is 35.5 Å². The molecule has 0 saturated carbocycles. The van der Waals surface area contributed by atoms with Gasteiger partial charge in [-0.15, -0.1) is 0 Å². The molecule has 1 N–H and O–H groups in total. The molecule has 0 bridgehead atoms. The van der Waals surface area contributed by atoms with E-state index in [4.69, 9.17) is 32.7 Å². The SMILES string of the molecule is COC(=O)c1c(C)c(C(=O)CN(CC2CCCO2)C(=O)Nc2c(Cl)cccc2Cl)c(C)n1C. The number of carbonyl (C=O) groups is 3. The van der Waals surface area contributed by atoms with Crippen molar-refractivity contribution in [1.29, 1.82) is 0 Å². The van der Waals surface area contributed by atoms with Gasteiger partial charge in [0, 0.05) is 31.5 Å². The molecule has 1 aromatic carbocycles. The summed E-state index contributed by atoms with van der Waals surface area (Å²) in [5, 5.41) is 3.30. The second-order valence-corrected chi connectivity index (χ2v) is 8.76. The smallest absolute Gasteiger partial charge is 0.354 e. The number of Topliss-reactive ketones (excluding diaryl/α,β-unsaturated/α-hetero) is 1. The predicted octanol–water partition coefficient (Wildman–Crippen LogP) is 4.63. The summed E-state index contributed by atoms with van der Waals surface area (Å²) in [5.41, 5.74) is 2.09. The first kappa shape index (κ1) is 25.1. The Morgan fingerprint density at radius 3 is 2.48 bits per heavy atom. The molecule has 1 unspecified atom stereocenters. The third-order valence-corrected chi connectivity index (χ3v) is 6.48. The fourth-order valence-electron chi connectivity index (χ4n) is 4.08. The first-order chi connectivity index (χ1) is 15.6. The van der Waals surface area contributed by atoms with Gasteiger partial charge >= 0.3 is 12.0 Å². The molecule has 1 aliphatic rings. The highest BCUT2D eigenvalue weighted by Gasteiger charge is 2.30. The molecule has 1 aliphatic heterocycles. The minimum absolute atomic E-state index is 0.172. The van der Waals surface area contributed by atoms with E-state index in [1.165, 1.54) is 12.0 Å². The van der Waals surface area contributed by atoms with E-state index in [-0.39, 0.29) is 40.7 Å². The average Bonchev–Trinajstić information content (AvgIpc) is 3.36. The molecular formula is C23H27Cl2N3O5. The maximum Gasteiger partial charge on any atom is 0.354 e. The van der Waals surface area contributed by atoms with Crippen molar-refractivity contribution in [1.82, 2.24) is 9.47 Å². The van der Waals surface area contributed by atoms with Gasteiger partial charge in [-0.2, -0.15) is 0 Å². The van der Waals surface area contributed by atoms with Crippen LogP contribution in [0.3, 0.4) is 0 Å². The quantitative estimate of drug-likeness (QED) is 0.446. The Labute approximate surface area is 202 Å². The summed E-state index contributed by atoms with van der Waals surface area (Å²) in [4.78, 5) is 40.1. The summed E-state index contributed by atoms with van der Waals surface area (Å²) in [7, 11) is 2.99. The van der Waals surface area contributed by atoms with E-state index in [9.17, 15) is 14.4 Å². The minimum atomic E-state index is -0.528. The average molecular weight is 496 g/mol. The van der Waals surface area contributed by atoms with E-state index in [0.29, 0.717) is 29.1 Å². The van der Waals surface area contributed by atoms with Gasteiger partial charge in [-0.05, 0) is 44.4 Å². The summed E-state index contributed by atoms with van der Waals surface area (Å²) < 4.78 is 12.2. The highest BCUT2D eigenvalue weighted by Crippen LogP contribution is 2.30. The van der Waals surface area contributed by atoms with Crippen molar-refractivity contribution in [3.8, 4) is 0 Å². The lowest BCUT2D eigenvalue weighted by Crippen LogP contribution is -2.43. The Hall–Kier alpha value is -2.55. The number of nitrogens with one attached hydrogen (secondary N) is 1. The number of urea groups is 1. The summed E-state index contributed by atoms with van der Waals surface area (Å²) in [6.07, 6.45) is 1.51. The number of para-hydroxylation sites is 1. The summed E-state index contributed by atoms with van der Waals surface area (Å²) >= 11 is 12.4. The largest absolute Gasteiger partial charge is 0.464 e. The fourth-order valence-corrected chi connectivity index (χ4v) is 4.58. The number of aromatic nitrogens is 1. The second kappa shape index (κ2) is 10.6. The first-order valence-electron chi connectivity index (χ1n) is 10.5. The molecule has 8 nitrogen and oxygen atoms in total. The van der Waals surface area contributed by atoms with Crippen LogP contribution in [0.2, 0.25) is 10.0 Å². The van der Waals surface area contributed by atoms with Crippen LogP contribution in [0.25, 0.3) is 0 Å². The van der Waals surface area contributed by atoms with Gasteiger partial charge in [0.2, 0.25) is 0 Å². The van der Waals surface area contributed by atoms with E-state index in [0.717, 1.165) is 12.8 Å². The predicted molar refractivity (Wildman–Crippen MR) is 127 cm³/mol. The zero-order chi connectivity index (χ0) is 24.3. The van der Waals surface area contributed by atoms with E-state index >= 15 is 0 Å². The van der Waals surface area contributed by atoms with Crippen molar-refractivity contribution >= 4 is 46.7 Å². The summed E-state index contributed by atoms with van der Waals surface area (Å²) in [5.74, 6) is -0.825. The number of methoxy groups -OCH3 is 1. The van der Waals surface area contributed by atoms with E-state index < -0.39 is 12.0 Å². The van der Waals surface area contributed by atoms with Gasteiger partial charge in [-0.3, -0.25) is 4.79 Å². The Bertz CT molecular complexity index is 1060. The number of benzene rings is 1. The van der Waals surface area contributed by atoms with Crippen LogP contribution in [0.4, 0.5) is 10.5 Å². The van der Waals surface area contributed by atoms with Gasteiger partial charge in [0.25, 0.3) is 0 Å². The first-order valence-corrected chi connectivity index (χ1v) is 11.3. The highest BCUT2D eigenvalue weighted by atomic mass is 35.5. The monoisotopic (exact) mass is 495 g/mol. The topological polar surface area (TPSA) is 89.9 Å². The van der Waals surface area contributed by atoms with E-state index in [2.05, 4.69) is 5.32 Å². The van der Waals surface area contributed by atoms with Crippen LogP contribution >= 0.6 is 23.2 Å². The van der Waals surface area contributed by atoms with E-state index in [1.807, 2.05) is 0 Å². The molecule has 0 spiro atoms. The Morgan fingerprint density at radius 1 is 1.24 bits per heavy atom. The van der Waals surface area contributed by atoms with Gasteiger partial charge in [-0.1, -0.05) is 29.3 Å². The van der Waals surface area contributed by atoms with Gasteiger partial charge < -0.3 is 24.3 Å². The van der Waals surface area contributed by atoms with Gasteiger partial charge in [-0.25, -0.2) is 9.59 Å². The van der Waals surface area contributed by atoms with Crippen LogP contribution < -0.4 is 5.32 Å². The molecule has 3 rings (SSSR count). The number of halogens is 2. The molecule has 1 atom stereocenters. The Balaban J connectivity index is 1.88. The molecule has 33 heavy (non-hydrogen) atoms. The van der Waals surface area contributed by atoms with Crippen molar-refractivity contribution in [3.05, 3.63) is 50.8 Å². The van der Waals surface area contributed by atoms with Crippen molar-refractivity contribution in [2.45, 2.75) is 32.8 Å². The standard InChI is InChI=1S/C23H27Cl2N3O5/c1-13-19(14(2)27(3)21(13)22(30)32-4)18(29)12-28(11-15-7-6-10-33-15)23(31)26-20-16(24)8-5-9-17(20)25/h5,8-9,15H,6-7,10-12H2,1-4H3,(H,26,31). The van der Waals surface area contributed by atoms with E-state index in [1.54, 1.807) is 43.7 Å². The summed E-state index contributed by atoms with van der Waals surface area (Å²) in [6.45, 7) is 4.08. The number of anilines is 1. The lowest BCUT2D eigenvalue weighted by atomic mass is 10.0. The molecule has 0 aliphatic carbocycles. The zero-order valence-electron chi connectivity index (χ0n) is 19.0. The fraction of sp³-hybridized carbons (Fsp3) is 0.435. The Kier molecular flexibility index (Phi) is 8.05. The van der Waals surface area contributed by atoms with Crippen LogP contribution in [0, 0.1) is 13.8 Å². The maximum absolute atomic E-state index is 13.4. The molecule has 0 radical (unpaired) electrons. The number of ketones is 1. The van der Waals surface area contributed by atoms with Crippen molar-refractivity contribution in [2.24, 2.45) is 7.05 Å². The number of nitrogens with zero attached hydrogens (tertiary/aromatic N) is 2. The van der Waals surface area contributed by atoms with Crippen LogP contribution in [0.5, 0.6) is 0 Å². The molecule has 1 saturated heterocycles. The number of carbonyl (C=O) groups excluding carboxylic acids is 3. The molecule has 2 heterocycles. The third-order valence-electron chi connectivity index (χ3n) is 5.85. The van der Waals surface area contributed by atoms with Crippen LogP contribution in [0.1, 0.15) is 44.9 Å². The summed E-state index contributed by atoms with van der Waals surface area (Å²) in [6, 6.07) is 4.38. The molecular weight excluding hydrogens is 469 g/mol. The van der Waals surface area contributed by atoms with Crippen molar-refractivity contribution in [3.63, 3.8) is 0 Å². The second-order valence-electron chi connectivity index (χ2n) is 7.95. The molecule has 178 valence electrons. The van der Waals surface area contributed by atoms with Crippen molar-refractivity contribution in [2.75, 3.05) is 32.1 Å². The van der Waals surface area contributed by atoms with Crippen LogP contribution in [0.15, 0.2) is 18.2 Å². The number of hydrogen-bond donors (Lipinski definition) is 1. The molecule has 2 aromatic rings. The van der Waals surface area contributed by atoms with Crippen LogP contribution in [-0.2, 0) is 16.5 Å². The number of esters is 1. The molecule has 2 amide bonds. The number of ether oxygens (including phenoxy) is 2. The van der Waals surface area contributed by atoms with Gasteiger partial charge in [0.1, 0.15) is 5.69 Å². The number of hydrogen-bond acceptors (Lipinski definition) is 5. The lowest BCUT2D eigenvalue weighted by Gasteiger charge is -2.25. The van der Waals surface area contributed by atoms with Crippen LogP contribution in [-0.4, -0.2) is 60.2 Å². The number of rotatable bonds is 7. The normalized spacial score (nSPS) is 15.4. The van der Waals surface area contributed by atoms with Gasteiger partial charge in [0.15, 0.2) is 5.78 Å². The zero-order valence-corrected chi connectivity index (χ0v) is 20.5. The highest BCUT2D eigenvalue weighted by molar-refractivity contribution is 6.39.